The molecule has 1 heterocycles. The molecule has 9 heteroatoms. The Morgan fingerprint density at radius 1 is 1.15 bits per heavy atom. The van der Waals surface area contributed by atoms with Crippen LogP contribution >= 0.6 is 11.8 Å². The van der Waals surface area contributed by atoms with Gasteiger partial charge in [-0.25, -0.2) is 0 Å². The van der Waals surface area contributed by atoms with Crippen molar-refractivity contribution < 1.29 is 9.59 Å². The Morgan fingerprint density at radius 2 is 1.96 bits per heavy atom. The summed E-state index contributed by atoms with van der Waals surface area (Å²) in [6, 6.07) is 14.5. The molecular weight excluding hydrogens is 364 g/mol. The first-order valence-electron chi connectivity index (χ1n) is 8.17. The smallest absolute Gasteiger partial charge is 0.251 e. The Bertz CT molecular complexity index is 972. The number of aromatic nitrogens is 4. The number of thioether (sulfide) groups is 1. The van der Waals surface area contributed by atoms with Gasteiger partial charge in [-0.1, -0.05) is 30.0 Å². The van der Waals surface area contributed by atoms with Gasteiger partial charge in [-0.3, -0.25) is 9.59 Å². The second-order valence-corrected chi connectivity index (χ2v) is 6.65. The largest absolute Gasteiger partial charge is 0.355 e. The van der Waals surface area contributed by atoms with Gasteiger partial charge in [0.05, 0.1) is 11.4 Å². The van der Waals surface area contributed by atoms with E-state index in [9.17, 15) is 9.59 Å². The summed E-state index contributed by atoms with van der Waals surface area (Å²) in [5, 5.41) is 17.5. The number of amides is 2. The van der Waals surface area contributed by atoms with Gasteiger partial charge in [0.15, 0.2) is 0 Å². The molecule has 0 saturated carbocycles. The Kier molecular flexibility index (Phi) is 5.82. The van der Waals surface area contributed by atoms with Crippen molar-refractivity contribution in [3.63, 3.8) is 0 Å². The van der Waals surface area contributed by atoms with Crippen molar-refractivity contribution in [1.29, 1.82) is 0 Å². The minimum atomic E-state index is -0.215. The number of tetrazole rings is 1. The summed E-state index contributed by atoms with van der Waals surface area (Å²) in [5.74, 6) is -0.290. The zero-order valence-electron chi connectivity index (χ0n) is 14.8. The highest BCUT2D eigenvalue weighted by Crippen LogP contribution is 2.19. The van der Waals surface area contributed by atoms with E-state index < -0.39 is 0 Å². The van der Waals surface area contributed by atoms with Crippen molar-refractivity contribution in [3.05, 3.63) is 59.7 Å². The van der Waals surface area contributed by atoms with E-state index in [2.05, 4.69) is 26.2 Å². The van der Waals surface area contributed by atoms with Crippen molar-refractivity contribution in [2.75, 3.05) is 18.1 Å². The fourth-order valence-corrected chi connectivity index (χ4v) is 3.09. The lowest BCUT2D eigenvalue weighted by molar-refractivity contribution is -0.113. The van der Waals surface area contributed by atoms with Gasteiger partial charge in [-0.2, -0.15) is 4.68 Å². The van der Waals surface area contributed by atoms with Crippen molar-refractivity contribution in [2.24, 2.45) is 0 Å². The lowest BCUT2D eigenvalue weighted by Crippen LogP contribution is -2.19. The highest BCUT2D eigenvalue weighted by atomic mass is 32.2. The molecule has 3 aromatic rings. The van der Waals surface area contributed by atoms with E-state index in [0.717, 1.165) is 11.3 Å². The number of nitrogens with one attached hydrogen (secondary N) is 2. The third-order valence-electron chi connectivity index (χ3n) is 3.66. The number of hydrogen-bond donors (Lipinski definition) is 2. The first-order chi connectivity index (χ1) is 13.1. The maximum atomic E-state index is 12.2. The predicted octanol–water partition coefficient (Wildman–Crippen LogP) is 2.06. The van der Waals surface area contributed by atoms with Gasteiger partial charge < -0.3 is 10.6 Å². The molecule has 0 aliphatic rings. The number of benzene rings is 2. The van der Waals surface area contributed by atoms with Crippen molar-refractivity contribution >= 4 is 29.3 Å². The average molecular weight is 382 g/mol. The molecule has 2 N–H and O–H groups in total. The van der Waals surface area contributed by atoms with E-state index in [1.54, 1.807) is 36.0 Å². The number of hydrogen-bond acceptors (Lipinski definition) is 6. The van der Waals surface area contributed by atoms with Crippen LogP contribution in [0.2, 0.25) is 0 Å². The molecule has 138 valence electrons. The highest BCUT2D eigenvalue weighted by molar-refractivity contribution is 7.99. The van der Waals surface area contributed by atoms with Crippen molar-refractivity contribution in [3.8, 4) is 5.69 Å². The molecule has 2 aromatic carbocycles. The summed E-state index contributed by atoms with van der Waals surface area (Å²) in [6.07, 6.45) is 0. The molecule has 0 spiro atoms. The van der Waals surface area contributed by atoms with Crippen LogP contribution in [-0.4, -0.2) is 44.8 Å². The van der Waals surface area contributed by atoms with E-state index in [0.29, 0.717) is 16.4 Å². The zero-order chi connectivity index (χ0) is 19.2. The quantitative estimate of drug-likeness (QED) is 0.633. The molecule has 0 aliphatic heterocycles. The Morgan fingerprint density at radius 3 is 2.74 bits per heavy atom. The second kappa shape index (κ2) is 8.45. The van der Waals surface area contributed by atoms with E-state index in [-0.39, 0.29) is 17.6 Å². The van der Waals surface area contributed by atoms with Gasteiger partial charge in [0.2, 0.25) is 11.1 Å². The lowest BCUT2D eigenvalue weighted by Gasteiger charge is -2.07. The second-order valence-electron chi connectivity index (χ2n) is 5.71. The summed E-state index contributed by atoms with van der Waals surface area (Å²) < 4.78 is 1.59. The van der Waals surface area contributed by atoms with Crippen LogP contribution in [0.4, 0.5) is 5.69 Å². The Hall–Kier alpha value is -3.20. The van der Waals surface area contributed by atoms with Crippen LogP contribution in [0.3, 0.4) is 0 Å². The minimum Gasteiger partial charge on any atom is -0.355 e. The highest BCUT2D eigenvalue weighted by Gasteiger charge is 2.12. The fourth-order valence-electron chi connectivity index (χ4n) is 2.40. The zero-order valence-corrected chi connectivity index (χ0v) is 15.7. The molecule has 0 atom stereocenters. The normalized spacial score (nSPS) is 10.4. The lowest BCUT2D eigenvalue weighted by atomic mass is 10.2. The molecule has 0 aliphatic carbocycles. The molecule has 0 unspecified atom stereocenters. The molecule has 3 rings (SSSR count). The van der Waals surface area contributed by atoms with Crippen LogP contribution in [0.15, 0.2) is 53.7 Å². The van der Waals surface area contributed by atoms with Crippen LogP contribution in [0.1, 0.15) is 15.9 Å². The number of rotatable bonds is 6. The van der Waals surface area contributed by atoms with Crippen LogP contribution in [0.5, 0.6) is 0 Å². The topological polar surface area (TPSA) is 102 Å². The summed E-state index contributed by atoms with van der Waals surface area (Å²) in [6.45, 7) is 1.99. The molecular formula is C18H18N6O2S. The van der Waals surface area contributed by atoms with Gasteiger partial charge in [0.1, 0.15) is 0 Å². The van der Waals surface area contributed by atoms with Gasteiger partial charge in [-0.15, -0.1) is 5.10 Å². The monoisotopic (exact) mass is 382 g/mol. The molecule has 2 amide bonds. The maximum absolute atomic E-state index is 12.2. The molecule has 0 saturated heterocycles. The van der Waals surface area contributed by atoms with E-state index in [1.165, 1.54) is 11.8 Å². The molecule has 1 aromatic heterocycles. The van der Waals surface area contributed by atoms with Crippen LogP contribution in [-0.2, 0) is 4.79 Å². The van der Waals surface area contributed by atoms with Crippen LogP contribution < -0.4 is 10.6 Å². The summed E-state index contributed by atoms with van der Waals surface area (Å²) in [4.78, 5) is 23.9. The standard InChI is InChI=1S/C18H18N6O2S/c1-12-5-3-8-15(9-12)24-18(21-22-23-24)27-11-16(25)20-14-7-4-6-13(10-14)17(26)19-2/h3-10H,11H2,1-2H3,(H,19,26)(H,20,25). The third kappa shape index (κ3) is 4.70. The molecule has 0 fully saturated rings. The SMILES string of the molecule is CNC(=O)c1cccc(NC(=O)CSc2nnnn2-c2cccc(C)c2)c1. The maximum Gasteiger partial charge on any atom is 0.251 e. The number of carbonyl (C=O) groups is 2. The van der Waals surface area contributed by atoms with Crippen molar-refractivity contribution in [2.45, 2.75) is 12.1 Å². The van der Waals surface area contributed by atoms with Crippen LogP contribution in [0.25, 0.3) is 5.69 Å². The summed E-state index contributed by atoms with van der Waals surface area (Å²) in [5.41, 5.74) is 2.96. The molecule has 0 radical (unpaired) electrons. The first kappa shape index (κ1) is 18.6. The summed E-state index contributed by atoms with van der Waals surface area (Å²) >= 11 is 1.23. The fraction of sp³-hybridized carbons (Fsp3) is 0.167. The van der Waals surface area contributed by atoms with Crippen molar-refractivity contribution in [1.82, 2.24) is 25.5 Å². The van der Waals surface area contributed by atoms with E-state index in [1.807, 2.05) is 31.2 Å². The Balaban J connectivity index is 1.64. The van der Waals surface area contributed by atoms with Crippen LogP contribution in [0, 0.1) is 6.92 Å². The van der Waals surface area contributed by atoms with Gasteiger partial charge in [0.25, 0.3) is 5.91 Å². The number of aryl methyl sites for hydroxylation is 1. The number of carbonyl (C=O) groups excluding carboxylic acids is 2. The van der Waals surface area contributed by atoms with Gasteiger partial charge >= 0.3 is 0 Å². The average Bonchev–Trinajstić information content (AvgIpc) is 3.14. The van der Waals surface area contributed by atoms with Gasteiger partial charge in [-0.05, 0) is 53.2 Å². The van der Waals surface area contributed by atoms with E-state index >= 15 is 0 Å². The third-order valence-corrected chi connectivity index (χ3v) is 4.57. The summed E-state index contributed by atoms with van der Waals surface area (Å²) in [7, 11) is 1.56. The number of nitrogens with zero attached hydrogens (tertiary/aromatic N) is 4. The minimum absolute atomic E-state index is 0.135. The van der Waals surface area contributed by atoms with Gasteiger partial charge in [0, 0.05) is 18.3 Å². The van der Waals surface area contributed by atoms with E-state index in [4.69, 9.17) is 0 Å². The molecule has 27 heavy (non-hydrogen) atoms. The first-order valence-corrected chi connectivity index (χ1v) is 9.15. The number of anilines is 1. The predicted molar refractivity (Wildman–Crippen MR) is 103 cm³/mol. The molecule has 8 nitrogen and oxygen atoms in total. The molecule has 0 bridgehead atoms. The Labute approximate surface area is 160 Å².